The van der Waals surface area contributed by atoms with E-state index in [1.54, 1.807) is 60.7 Å². The second-order valence-corrected chi connectivity index (χ2v) is 7.76. The van der Waals surface area contributed by atoms with Crippen molar-refractivity contribution in [2.24, 2.45) is 0 Å². The van der Waals surface area contributed by atoms with Gasteiger partial charge in [0.2, 0.25) is 0 Å². The smallest absolute Gasteiger partial charge is 0.258 e. The van der Waals surface area contributed by atoms with Gasteiger partial charge in [0, 0.05) is 32.9 Å². The largest absolute Gasteiger partial charge is 0.332 e. The average Bonchev–Trinajstić information content (AvgIpc) is 2.81. The first-order valence-corrected chi connectivity index (χ1v) is 10.6. The fourth-order valence-corrected chi connectivity index (χ4v) is 3.68. The van der Waals surface area contributed by atoms with Crippen molar-refractivity contribution in [3.05, 3.63) is 107 Å². The van der Waals surface area contributed by atoms with E-state index in [0.717, 1.165) is 10.8 Å². The summed E-state index contributed by atoms with van der Waals surface area (Å²) in [5.41, 5.74) is 2.38. The lowest BCUT2D eigenvalue weighted by atomic mass is 10.0. The van der Waals surface area contributed by atoms with Crippen molar-refractivity contribution in [1.29, 1.82) is 0 Å². The number of halogens is 1. The first kappa shape index (κ1) is 21.5. The quantitative estimate of drug-likeness (QED) is 0.334. The molecule has 0 aromatic heterocycles. The summed E-state index contributed by atoms with van der Waals surface area (Å²) < 4.78 is 0. The number of rotatable bonds is 4. The second kappa shape index (κ2) is 9.60. The third-order valence-corrected chi connectivity index (χ3v) is 5.31. The topological polar surface area (TPSA) is 70.2 Å². The molecule has 2 amide bonds. The summed E-state index contributed by atoms with van der Waals surface area (Å²) >= 11 is 11.5. The van der Waals surface area contributed by atoms with Crippen LogP contribution in [0, 0.1) is 0 Å². The molecule has 5 nitrogen and oxygen atoms in total. The zero-order chi connectivity index (χ0) is 22.5. The molecule has 0 aliphatic heterocycles. The number of thiocarbonyl (C=S) groups is 1. The maximum absolute atomic E-state index is 12.8. The van der Waals surface area contributed by atoms with Gasteiger partial charge >= 0.3 is 0 Å². The first-order chi connectivity index (χ1) is 15.5. The van der Waals surface area contributed by atoms with Gasteiger partial charge in [-0.2, -0.15) is 0 Å². The highest BCUT2D eigenvalue weighted by molar-refractivity contribution is 7.80. The fourth-order valence-electron chi connectivity index (χ4n) is 3.23. The summed E-state index contributed by atoms with van der Waals surface area (Å²) in [6, 6.07) is 26.8. The zero-order valence-electron chi connectivity index (χ0n) is 16.8. The van der Waals surface area contributed by atoms with Gasteiger partial charge in [-0.15, -0.1) is 0 Å². The molecule has 7 heteroatoms. The van der Waals surface area contributed by atoms with Gasteiger partial charge in [0.1, 0.15) is 0 Å². The number of hydrogen-bond acceptors (Lipinski definition) is 3. The number of anilines is 2. The van der Waals surface area contributed by atoms with E-state index in [1.807, 2.05) is 30.3 Å². The highest BCUT2D eigenvalue weighted by Gasteiger charge is 2.13. The number of hydrogen-bond donors (Lipinski definition) is 3. The lowest BCUT2D eigenvalue weighted by Crippen LogP contribution is -2.34. The van der Waals surface area contributed by atoms with E-state index >= 15 is 0 Å². The Bertz CT molecular complexity index is 1310. The van der Waals surface area contributed by atoms with Crippen LogP contribution in [0.5, 0.6) is 0 Å². The molecule has 0 aliphatic carbocycles. The molecule has 0 aliphatic rings. The predicted molar refractivity (Wildman–Crippen MR) is 133 cm³/mol. The van der Waals surface area contributed by atoms with Crippen molar-refractivity contribution < 1.29 is 9.59 Å². The Morgan fingerprint density at radius 3 is 2.00 bits per heavy atom. The minimum Gasteiger partial charge on any atom is -0.332 e. The van der Waals surface area contributed by atoms with Crippen molar-refractivity contribution in [1.82, 2.24) is 5.32 Å². The highest BCUT2D eigenvalue weighted by Crippen LogP contribution is 2.26. The van der Waals surface area contributed by atoms with E-state index in [-0.39, 0.29) is 16.9 Å². The Hall–Kier alpha value is -3.74. The molecule has 0 fully saturated rings. The molecule has 4 aromatic rings. The van der Waals surface area contributed by atoms with Gasteiger partial charge < -0.3 is 10.6 Å². The molecule has 0 heterocycles. The summed E-state index contributed by atoms with van der Waals surface area (Å²) in [5, 5.41) is 10.8. The molecule has 3 N–H and O–H groups in total. The van der Waals surface area contributed by atoms with Crippen LogP contribution >= 0.6 is 23.8 Å². The van der Waals surface area contributed by atoms with Gasteiger partial charge in [0.25, 0.3) is 11.8 Å². The van der Waals surface area contributed by atoms with Gasteiger partial charge in [0.05, 0.1) is 0 Å². The molecule has 0 radical (unpaired) electrons. The van der Waals surface area contributed by atoms with E-state index in [2.05, 4.69) is 16.0 Å². The number of fused-ring (bicyclic) bond motifs is 1. The maximum atomic E-state index is 12.8. The molecule has 0 atom stereocenters. The van der Waals surface area contributed by atoms with E-state index in [9.17, 15) is 9.59 Å². The minimum atomic E-state index is -0.331. The molecular formula is C25H18ClN3O2S. The van der Waals surface area contributed by atoms with Crippen LogP contribution in [-0.2, 0) is 0 Å². The summed E-state index contributed by atoms with van der Waals surface area (Å²) in [7, 11) is 0. The molecule has 0 saturated carbocycles. The lowest BCUT2D eigenvalue weighted by Gasteiger charge is -2.12. The Balaban J connectivity index is 1.39. The summed E-state index contributed by atoms with van der Waals surface area (Å²) in [6.45, 7) is 0. The predicted octanol–water partition coefficient (Wildman–Crippen LogP) is 5.87. The Kier molecular flexibility index (Phi) is 6.44. The van der Waals surface area contributed by atoms with Crippen molar-refractivity contribution in [3.63, 3.8) is 0 Å². The van der Waals surface area contributed by atoms with E-state index < -0.39 is 0 Å². The molecule has 158 valence electrons. The monoisotopic (exact) mass is 459 g/mol. The highest BCUT2D eigenvalue weighted by atomic mass is 35.5. The van der Waals surface area contributed by atoms with E-state index in [4.69, 9.17) is 23.8 Å². The Morgan fingerprint density at radius 2 is 1.28 bits per heavy atom. The fraction of sp³-hybridized carbons (Fsp3) is 0. The van der Waals surface area contributed by atoms with Gasteiger partial charge in [0.15, 0.2) is 5.11 Å². The van der Waals surface area contributed by atoms with Gasteiger partial charge in [-0.25, -0.2) is 0 Å². The molecule has 4 aromatic carbocycles. The number of amides is 2. The third kappa shape index (κ3) is 4.94. The van der Waals surface area contributed by atoms with Crippen LogP contribution < -0.4 is 16.0 Å². The molecule has 0 spiro atoms. The van der Waals surface area contributed by atoms with Crippen LogP contribution in [0.4, 0.5) is 11.4 Å². The van der Waals surface area contributed by atoms with Crippen LogP contribution in [0.25, 0.3) is 10.8 Å². The van der Waals surface area contributed by atoms with Crippen LogP contribution in [0.15, 0.2) is 91.0 Å². The van der Waals surface area contributed by atoms with Crippen molar-refractivity contribution in [2.45, 2.75) is 0 Å². The summed E-state index contributed by atoms with van der Waals surface area (Å²) in [4.78, 5) is 25.0. The zero-order valence-corrected chi connectivity index (χ0v) is 18.3. The van der Waals surface area contributed by atoms with Crippen LogP contribution in [-0.4, -0.2) is 16.9 Å². The average molecular weight is 460 g/mol. The van der Waals surface area contributed by atoms with Gasteiger partial charge in [-0.05, 0) is 66.1 Å². The van der Waals surface area contributed by atoms with Gasteiger partial charge in [-0.1, -0.05) is 54.1 Å². The molecule has 0 saturated heterocycles. The number of nitrogens with one attached hydrogen (secondary N) is 3. The number of benzene rings is 4. The maximum Gasteiger partial charge on any atom is 0.258 e. The van der Waals surface area contributed by atoms with Crippen molar-refractivity contribution >= 4 is 62.9 Å². The summed E-state index contributed by atoms with van der Waals surface area (Å²) in [6.07, 6.45) is 0. The standard InChI is InChI=1S/C25H18ClN3O2S/c26-22-11-5-8-19-20(22)9-4-10-21(19)24(31)29-25(32)28-18-14-12-17(13-15-18)27-23(30)16-6-2-1-3-7-16/h1-15H,(H,27,30)(H2,28,29,31,32). The van der Waals surface area contributed by atoms with Crippen molar-refractivity contribution in [3.8, 4) is 0 Å². The van der Waals surface area contributed by atoms with E-state index in [1.165, 1.54) is 0 Å². The van der Waals surface area contributed by atoms with E-state index in [0.29, 0.717) is 27.5 Å². The van der Waals surface area contributed by atoms with Crippen LogP contribution in [0.1, 0.15) is 20.7 Å². The molecule has 32 heavy (non-hydrogen) atoms. The minimum absolute atomic E-state index is 0.162. The third-order valence-electron chi connectivity index (χ3n) is 4.78. The molecule has 0 bridgehead atoms. The molecule has 0 unspecified atom stereocenters. The normalized spacial score (nSPS) is 10.4. The number of carbonyl (C=O) groups is 2. The Labute approximate surface area is 195 Å². The van der Waals surface area contributed by atoms with Crippen LogP contribution in [0.3, 0.4) is 0 Å². The lowest BCUT2D eigenvalue weighted by molar-refractivity contribution is 0.0978. The second-order valence-electron chi connectivity index (χ2n) is 6.95. The molecular weight excluding hydrogens is 442 g/mol. The number of carbonyl (C=O) groups excluding carboxylic acids is 2. The summed E-state index contributed by atoms with van der Waals surface area (Å²) in [5.74, 6) is -0.522. The van der Waals surface area contributed by atoms with Crippen molar-refractivity contribution in [2.75, 3.05) is 10.6 Å². The Morgan fingerprint density at radius 1 is 0.656 bits per heavy atom. The van der Waals surface area contributed by atoms with Crippen LogP contribution in [0.2, 0.25) is 5.02 Å². The van der Waals surface area contributed by atoms with Gasteiger partial charge in [-0.3, -0.25) is 14.9 Å². The first-order valence-electron chi connectivity index (χ1n) is 9.77. The molecule has 4 rings (SSSR count). The SMILES string of the molecule is O=C(Nc1ccc(NC(=S)NC(=O)c2cccc3c(Cl)cccc23)cc1)c1ccccc1.